The Bertz CT molecular complexity index is 818. The molecule has 5 nitrogen and oxygen atoms in total. The summed E-state index contributed by atoms with van der Waals surface area (Å²) in [6, 6.07) is 12.0. The first-order valence-corrected chi connectivity index (χ1v) is 8.91. The molecule has 1 aliphatic rings. The molecule has 1 amide bonds. The van der Waals surface area contributed by atoms with Crippen LogP contribution >= 0.6 is 0 Å². The third-order valence-corrected chi connectivity index (χ3v) is 4.42. The predicted octanol–water partition coefficient (Wildman–Crippen LogP) is 4.31. The van der Waals surface area contributed by atoms with E-state index in [1.165, 1.54) is 18.2 Å². The number of hydrogen-bond donors (Lipinski definition) is 1. The Hall–Kier alpha value is -2.74. The van der Waals surface area contributed by atoms with Crippen LogP contribution in [-0.4, -0.2) is 43.4 Å². The fraction of sp³-hybridized carbons (Fsp3) is 0.350. The van der Waals surface area contributed by atoms with Crippen molar-refractivity contribution in [3.05, 3.63) is 54.1 Å². The number of piperidine rings is 1. The summed E-state index contributed by atoms with van der Waals surface area (Å²) in [6.07, 6.45) is -2.95. The fourth-order valence-electron chi connectivity index (χ4n) is 3.01. The smallest absolute Gasteiger partial charge is 0.490 e. The van der Waals surface area contributed by atoms with E-state index < -0.39 is 18.0 Å². The topological polar surface area (TPSA) is 50.8 Å². The van der Waals surface area contributed by atoms with Gasteiger partial charge >= 0.3 is 6.36 Å². The molecule has 0 unspecified atom stereocenters. The number of para-hydroxylation sites is 1. The molecule has 1 aliphatic heterocycles. The van der Waals surface area contributed by atoms with Crippen LogP contribution in [0.3, 0.4) is 0 Å². The zero-order valence-electron chi connectivity index (χ0n) is 15.3. The summed E-state index contributed by atoms with van der Waals surface area (Å²) in [5.74, 6) is -0.644. The van der Waals surface area contributed by atoms with E-state index in [0.717, 1.165) is 32.0 Å². The Morgan fingerprint density at radius 3 is 2.54 bits per heavy atom. The van der Waals surface area contributed by atoms with E-state index in [9.17, 15) is 18.0 Å². The van der Waals surface area contributed by atoms with Gasteiger partial charge in [-0.25, -0.2) is 0 Å². The van der Waals surface area contributed by atoms with Crippen molar-refractivity contribution < 1.29 is 27.4 Å². The van der Waals surface area contributed by atoms with Crippen molar-refractivity contribution in [1.29, 1.82) is 0 Å². The number of ether oxygens (including phenoxy) is 2. The molecule has 2 aromatic rings. The maximum atomic E-state index is 12.5. The quantitative estimate of drug-likeness (QED) is 0.821. The van der Waals surface area contributed by atoms with Crippen molar-refractivity contribution in [2.75, 3.05) is 25.5 Å². The highest BCUT2D eigenvalue weighted by molar-refractivity contribution is 6.06. The number of anilines is 1. The Labute approximate surface area is 161 Å². The second kappa shape index (κ2) is 8.52. The lowest BCUT2D eigenvalue weighted by Gasteiger charge is -2.29. The fourth-order valence-corrected chi connectivity index (χ4v) is 3.01. The van der Waals surface area contributed by atoms with Crippen LogP contribution in [0.1, 0.15) is 23.2 Å². The van der Waals surface area contributed by atoms with E-state index in [-0.39, 0.29) is 11.7 Å². The number of alkyl halides is 3. The molecule has 0 radical (unpaired) electrons. The van der Waals surface area contributed by atoms with E-state index in [1.54, 1.807) is 24.3 Å². The minimum absolute atomic E-state index is 0.100. The van der Waals surface area contributed by atoms with Crippen molar-refractivity contribution in [2.45, 2.75) is 25.3 Å². The molecule has 1 saturated heterocycles. The normalized spacial score (nSPS) is 15.9. The zero-order valence-corrected chi connectivity index (χ0v) is 15.3. The lowest BCUT2D eigenvalue weighted by atomic mass is 10.1. The van der Waals surface area contributed by atoms with Gasteiger partial charge in [-0.3, -0.25) is 4.79 Å². The van der Waals surface area contributed by atoms with Gasteiger partial charge in [0.2, 0.25) is 0 Å². The Morgan fingerprint density at radius 1 is 1.11 bits per heavy atom. The van der Waals surface area contributed by atoms with E-state index in [0.29, 0.717) is 11.4 Å². The summed E-state index contributed by atoms with van der Waals surface area (Å²) in [6.45, 7) is 1.91. The molecule has 150 valence electrons. The largest absolute Gasteiger partial charge is 0.573 e. The summed E-state index contributed by atoms with van der Waals surface area (Å²) in [5.41, 5.74) is 0.221. The first-order valence-electron chi connectivity index (χ1n) is 8.91. The molecule has 2 aromatic carbocycles. The average Bonchev–Trinajstić information content (AvgIpc) is 2.63. The average molecular weight is 394 g/mol. The van der Waals surface area contributed by atoms with Gasteiger partial charge in [-0.15, -0.1) is 13.2 Å². The minimum Gasteiger partial charge on any atom is -0.490 e. The molecule has 0 atom stereocenters. The highest BCUT2D eigenvalue weighted by Gasteiger charge is 2.32. The molecule has 3 rings (SSSR count). The van der Waals surface area contributed by atoms with Crippen LogP contribution in [0.25, 0.3) is 0 Å². The predicted molar refractivity (Wildman–Crippen MR) is 98.7 cm³/mol. The number of halogens is 3. The standard InChI is InChI=1S/C20H21F3N2O3/c1-25-11-9-15(10-12-25)27-16-6-4-5-14(13-16)24-19(26)17-7-2-3-8-18(17)28-20(21,22)23/h2-8,13,15H,9-12H2,1H3,(H,24,26). The second-order valence-corrected chi connectivity index (χ2v) is 6.65. The van der Waals surface area contributed by atoms with Crippen LogP contribution in [0.4, 0.5) is 18.9 Å². The van der Waals surface area contributed by atoms with Gasteiger partial charge in [0.05, 0.1) is 5.56 Å². The molecular formula is C20H21F3N2O3. The molecule has 1 fully saturated rings. The first-order chi connectivity index (χ1) is 13.3. The van der Waals surface area contributed by atoms with Gasteiger partial charge in [0.25, 0.3) is 5.91 Å². The van der Waals surface area contributed by atoms with Crippen molar-refractivity contribution in [3.63, 3.8) is 0 Å². The zero-order chi connectivity index (χ0) is 20.1. The number of nitrogens with one attached hydrogen (secondary N) is 1. The minimum atomic E-state index is -4.88. The van der Waals surface area contributed by atoms with E-state index in [1.807, 2.05) is 0 Å². The number of carbonyl (C=O) groups is 1. The van der Waals surface area contributed by atoms with Crippen LogP contribution in [-0.2, 0) is 0 Å². The van der Waals surface area contributed by atoms with Crippen LogP contribution in [0.5, 0.6) is 11.5 Å². The summed E-state index contributed by atoms with van der Waals surface area (Å²) in [5, 5.41) is 2.59. The summed E-state index contributed by atoms with van der Waals surface area (Å²) >= 11 is 0. The van der Waals surface area contributed by atoms with E-state index in [4.69, 9.17) is 4.74 Å². The van der Waals surface area contributed by atoms with Gasteiger partial charge in [0, 0.05) is 24.8 Å². The van der Waals surface area contributed by atoms with Gasteiger partial charge in [0.15, 0.2) is 0 Å². The third-order valence-electron chi connectivity index (χ3n) is 4.42. The van der Waals surface area contributed by atoms with Crippen molar-refractivity contribution >= 4 is 11.6 Å². The molecular weight excluding hydrogens is 373 g/mol. The molecule has 0 aromatic heterocycles. The molecule has 0 spiro atoms. The third kappa shape index (κ3) is 5.63. The van der Waals surface area contributed by atoms with Crippen LogP contribution in [0, 0.1) is 0 Å². The lowest BCUT2D eigenvalue weighted by Crippen LogP contribution is -2.35. The number of rotatable bonds is 5. The Morgan fingerprint density at radius 2 is 1.82 bits per heavy atom. The number of carbonyl (C=O) groups excluding carboxylic acids is 1. The van der Waals surface area contributed by atoms with E-state index >= 15 is 0 Å². The molecule has 0 aliphatic carbocycles. The lowest BCUT2D eigenvalue weighted by molar-refractivity contribution is -0.274. The van der Waals surface area contributed by atoms with Gasteiger partial charge in [-0.2, -0.15) is 0 Å². The number of amides is 1. The van der Waals surface area contributed by atoms with Gasteiger partial charge in [-0.1, -0.05) is 18.2 Å². The molecule has 28 heavy (non-hydrogen) atoms. The maximum Gasteiger partial charge on any atom is 0.573 e. The number of benzene rings is 2. The summed E-state index contributed by atoms with van der Waals surface area (Å²) < 4.78 is 47.5. The van der Waals surface area contributed by atoms with Crippen molar-refractivity contribution in [3.8, 4) is 11.5 Å². The van der Waals surface area contributed by atoms with Gasteiger partial charge in [0.1, 0.15) is 17.6 Å². The monoisotopic (exact) mass is 394 g/mol. The van der Waals surface area contributed by atoms with Crippen molar-refractivity contribution in [1.82, 2.24) is 4.90 Å². The molecule has 0 saturated carbocycles. The molecule has 1 N–H and O–H groups in total. The molecule has 0 bridgehead atoms. The SMILES string of the molecule is CN1CCC(Oc2cccc(NC(=O)c3ccccc3OC(F)(F)F)c2)CC1. The number of hydrogen-bond acceptors (Lipinski definition) is 4. The van der Waals surface area contributed by atoms with Gasteiger partial charge < -0.3 is 19.7 Å². The van der Waals surface area contributed by atoms with E-state index in [2.05, 4.69) is 22.0 Å². The van der Waals surface area contributed by atoms with Crippen molar-refractivity contribution in [2.24, 2.45) is 0 Å². The van der Waals surface area contributed by atoms with Crippen LogP contribution < -0.4 is 14.8 Å². The molecule has 8 heteroatoms. The maximum absolute atomic E-state index is 12.5. The summed E-state index contributed by atoms with van der Waals surface area (Å²) in [4.78, 5) is 14.7. The first kappa shape index (κ1) is 20.0. The van der Waals surface area contributed by atoms with Crippen LogP contribution in [0.15, 0.2) is 48.5 Å². The number of likely N-dealkylation sites (tertiary alicyclic amines) is 1. The Balaban J connectivity index is 1.68. The summed E-state index contributed by atoms with van der Waals surface area (Å²) in [7, 11) is 2.06. The highest BCUT2D eigenvalue weighted by atomic mass is 19.4. The highest BCUT2D eigenvalue weighted by Crippen LogP contribution is 2.28. The van der Waals surface area contributed by atoms with Gasteiger partial charge in [-0.05, 0) is 44.2 Å². The Kier molecular flexibility index (Phi) is 6.08. The van der Waals surface area contributed by atoms with Crippen LogP contribution in [0.2, 0.25) is 0 Å². The second-order valence-electron chi connectivity index (χ2n) is 6.65. The molecule has 1 heterocycles. The number of nitrogens with zero attached hydrogens (tertiary/aromatic N) is 1.